The van der Waals surface area contributed by atoms with Crippen LogP contribution in [0.4, 0.5) is 8.78 Å². The molecule has 0 saturated heterocycles. The van der Waals surface area contributed by atoms with Crippen LogP contribution in [0.5, 0.6) is 5.75 Å². The van der Waals surface area contributed by atoms with Crippen molar-refractivity contribution in [2.45, 2.75) is 64.5 Å². The van der Waals surface area contributed by atoms with Crippen molar-refractivity contribution in [3.8, 4) is 5.75 Å². The second kappa shape index (κ2) is 8.06. The fourth-order valence-electron chi connectivity index (χ4n) is 3.30. The van der Waals surface area contributed by atoms with Crippen LogP contribution >= 0.6 is 0 Å². The molecular formula is C20H24F2N2O3. The van der Waals surface area contributed by atoms with Crippen molar-refractivity contribution in [2.75, 3.05) is 0 Å². The van der Waals surface area contributed by atoms with Gasteiger partial charge in [0.05, 0.1) is 11.7 Å². The van der Waals surface area contributed by atoms with E-state index in [4.69, 9.17) is 9.26 Å². The predicted molar refractivity (Wildman–Crippen MR) is 95.5 cm³/mol. The molecule has 0 bridgehead atoms. The van der Waals surface area contributed by atoms with E-state index < -0.39 is 11.6 Å². The number of benzene rings is 1. The van der Waals surface area contributed by atoms with Crippen molar-refractivity contribution in [1.82, 2.24) is 10.5 Å². The number of hydrogen-bond donors (Lipinski definition) is 1. The normalized spacial score (nSPS) is 20.0. The van der Waals surface area contributed by atoms with Crippen molar-refractivity contribution in [1.29, 1.82) is 0 Å². The second-order valence-corrected chi connectivity index (χ2v) is 7.12. The maximum Gasteiger partial charge on any atom is 0.217 e. The fraction of sp³-hybridized carbons (Fsp3) is 0.500. The van der Waals surface area contributed by atoms with E-state index in [1.165, 1.54) is 19.1 Å². The van der Waals surface area contributed by atoms with Gasteiger partial charge in [-0.05, 0) is 43.9 Å². The van der Waals surface area contributed by atoms with E-state index in [0.717, 1.165) is 12.1 Å². The number of halogens is 2. The number of aryl methyl sites for hydroxylation is 1. The maximum atomic E-state index is 14.1. The van der Waals surface area contributed by atoms with Gasteiger partial charge in [0.1, 0.15) is 6.10 Å². The molecule has 5 nitrogen and oxygen atoms in total. The number of aromatic nitrogens is 1. The number of carbonyl (C=O) groups excluding carboxylic acids is 1. The summed E-state index contributed by atoms with van der Waals surface area (Å²) < 4.78 is 39.1. The Labute approximate surface area is 157 Å². The molecule has 0 radical (unpaired) electrons. The van der Waals surface area contributed by atoms with Crippen molar-refractivity contribution < 1.29 is 22.8 Å². The third-order valence-corrected chi connectivity index (χ3v) is 4.79. The molecule has 1 heterocycles. The highest BCUT2D eigenvalue weighted by Crippen LogP contribution is 2.40. The lowest BCUT2D eigenvalue weighted by Gasteiger charge is -2.34. The largest absolute Gasteiger partial charge is 0.484 e. The van der Waals surface area contributed by atoms with Crippen LogP contribution in [0.1, 0.15) is 69.0 Å². The second-order valence-electron chi connectivity index (χ2n) is 7.12. The lowest BCUT2D eigenvalue weighted by atomic mass is 9.80. The summed E-state index contributed by atoms with van der Waals surface area (Å²) in [6, 6.07) is 4.22. The zero-order chi connectivity index (χ0) is 19.6. The highest BCUT2D eigenvalue weighted by Gasteiger charge is 2.35. The first kappa shape index (κ1) is 19.3. The molecule has 7 heteroatoms. The molecule has 0 aliphatic heterocycles. The molecule has 1 amide bonds. The molecule has 1 saturated carbocycles. The van der Waals surface area contributed by atoms with Gasteiger partial charge in [-0.1, -0.05) is 18.5 Å². The summed E-state index contributed by atoms with van der Waals surface area (Å²) in [5.41, 5.74) is 1.40. The molecule has 1 N–H and O–H groups in total. The third kappa shape index (κ3) is 4.46. The first-order chi connectivity index (χ1) is 12.9. The van der Waals surface area contributed by atoms with E-state index in [1.807, 2.05) is 19.9 Å². The average Bonchev–Trinajstić information content (AvgIpc) is 3.01. The van der Waals surface area contributed by atoms with Gasteiger partial charge in [-0.3, -0.25) is 4.79 Å². The Morgan fingerprint density at radius 1 is 1.33 bits per heavy atom. The molecule has 0 unspecified atom stereocenters. The van der Waals surface area contributed by atoms with Crippen LogP contribution in [0.25, 0.3) is 0 Å². The van der Waals surface area contributed by atoms with Gasteiger partial charge in [-0.2, -0.15) is 0 Å². The first-order valence-corrected chi connectivity index (χ1v) is 9.25. The average molecular weight is 378 g/mol. The van der Waals surface area contributed by atoms with Gasteiger partial charge in [0.25, 0.3) is 0 Å². The van der Waals surface area contributed by atoms with E-state index in [-0.39, 0.29) is 29.7 Å². The fourth-order valence-corrected chi connectivity index (χ4v) is 3.30. The van der Waals surface area contributed by atoms with E-state index in [9.17, 15) is 13.6 Å². The van der Waals surface area contributed by atoms with Gasteiger partial charge in [0.15, 0.2) is 23.1 Å². The SMILES string of the molecule is CCCc1cc(F)c(OC2CC(c3cc([C@H](C)NC(C)=O)on3)C2)c(F)c1. The monoisotopic (exact) mass is 378 g/mol. The molecule has 2 aromatic rings. The molecule has 27 heavy (non-hydrogen) atoms. The minimum absolute atomic E-state index is 0.113. The van der Waals surface area contributed by atoms with Crippen molar-refractivity contribution in [3.05, 3.63) is 46.9 Å². The number of ether oxygens (including phenoxy) is 1. The Bertz CT molecular complexity index is 792. The number of nitrogens with zero attached hydrogens (tertiary/aromatic N) is 1. The van der Waals surface area contributed by atoms with Crippen LogP contribution < -0.4 is 10.1 Å². The molecule has 1 atom stereocenters. The Kier molecular flexibility index (Phi) is 5.77. The van der Waals surface area contributed by atoms with Crippen molar-refractivity contribution >= 4 is 5.91 Å². The standard InChI is InChI=1S/C20H24F2N2O3/c1-4-5-13-6-16(21)20(17(22)7-13)26-15-8-14(9-15)18-10-19(27-24-18)11(2)23-12(3)25/h6-7,10-11,14-15H,4-5,8-9H2,1-3H3,(H,23,25)/t11-,14?,15?/m0/s1. The summed E-state index contributed by atoms with van der Waals surface area (Å²) in [4.78, 5) is 11.1. The highest BCUT2D eigenvalue weighted by molar-refractivity contribution is 5.73. The first-order valence-electron chi connectivity index (χ1n) is 9.25. The summed E-state index contributed by atoms with van der Waals surface area (Å²) in [7, 11) is 0. The summed E-state index contributed by atoms with van der Waals surface area (Å²) in [5, 5.41) is 6.78. The summed E-state index contributed by atoms with van der Waals surface area (Å²) >= 11 is 0. The Hall–Kier alpha value is -2.44. The van der Waals surface area contributed by atoms with Gasteiger partial charge < -0.3 is 14.6 Å². The smallest absolute Gasteiger partial charge is 0.217 e. The number of amides is 1. The van der Waals surface area contributed by atoms with Crippen LogP contribution in [0, 0.1) is 11.6 Å². The van der Waals surface area contributed by atoms with Gasteiger partial charge in [0.2, 0.25) is 5.91 Å². The molecule has 1 aliphatic carbocycles. The van der Waals surface area contributed by atoms with Crippen LogP contribution in [0.2, 0.25) is 0 Å². The Balaban J connectivity index is 1.57. The third-order valence-electron chi connectivity index (χ3n) is 4.79. The minimum Gasteiger partial charge on any atom is -0.484 e. The molecular weight excluding hydrogens is 354 g/mol. The van der Waals surface area contributed by atoms with E-state index in [0.29, 0.717) is 30.6 Å². The zero-order valence-electron chi connectivity index (χ0n) is 15.7. The summed E-state index contributed by atoms with van der Waals surface area (Å²) in [6.07, 6.45) is 2.41. The van der Waals surface area contributed by atoms with Crippen LogP contribution in [-0.2, 0) is 11.2 Å². The van der Waals surface area contributed by atoms with E-state index in [1.54, 1.807) is 0 Å². The molecule has 1 aromatic carbocycles. The zero-order valence-corrected chi connectivity index (χ0v) is 15.7. The molecule has 146 valence electrons. The molecule has 1 fully saturated rings. The van der Waals surface area contributed by atoms with Crippen molar-refractivity contribution in [2.24, 2.45) is 0 Å². The summed E-state index contributed by atoms with van der Waals surface area (Å²) in [6.45, 7) is 5.21. The van der Waals surface area contributed by atoms with Gasteiger partial charge in [0, 0.05) is 18.9 Å². The van der Waals surface area contributed by atoms with Gasteiger partial charge in [-0.25, -0.2) is 8.78 Å². The van der Waals surface area contributed by atoms with Crippen LogP contribution in [0.3, 0.4) is 0 Å². The minimum atomic E-state index is -0.658. The van der Waals surface area contributed by atoms with Crippen LogP contribution in [0.15, 0.2) is 22.7 Å². The number of carbonyl (C=O) groups is 1. The molecule has 1 aliphatic rings. The topological polar surface area (TPSA) is 64.4 Å². The number of rotatable bonds is 7. The van der Waals surface area contributed by atoms with Gasteiger partial charge >= 0.3 is 0 Å². The quantitative estimate of drug-likeness (QED) is 0.774. The summed E-state index contributed by atoms with van der Waals surface area (Å²) in [5.74, 6) is -1.08. The molecule has 1 aromatic heterocycles. The van der Waals surface area contributed by atoms with E-state index in [2.05, 4.69) is 10.5 Å². The van der Waals surface area contributed by atoms with Crippen LogP contribution in [-0.4, -0.2) is 17.2 Å². The maximum absolute atomic E-state index is 14.1. The van der Waals surface area contributed by atoms with Gasteiger partial charge in [-0.15, -0.1) is 0 Å². The lowest BCUT2D eigenvalue weighted by molar-refractivity contribution is -0.119. The molecule has 0 spiro atoms. The van der Waals surface area contributed by atoms with E-state index >= 15 is 0 Å². The predicted octanol–water partition coefficient (Wildman–Crippen LogP) is 4.43. The Morgan fingerprint density at radius 2 is 2.00 bits per heavy atom. The lowest BCUT2D eigenvalue weighted by Crippen LogP contribution is -2.33. The number of nitrogens with one attached hydrogen (secondary N) is 1. The Morgan fingerprint density at radius 3 is 2.59 bits per heavy atom. The van der Waals surface area contributed by atoms with Crippen molar-refractivity contribution in [3.63, 3.8) is 0 Å². The molecule has 3 rings (SSSR count). The highest BCUT2D eigenvalue weighted by atomic mass is 19.1. The number of hydrogen-bond acceptors (Lipinski definition) is 4.